The average molecular weight is 396 g/mol. The summed E-state index contributed by atoms with van der Waals surface area (Å²) < 4.78 is 18.9. The van der Waals surface area contributed by atoms with Gasteiger partial charge in [-0.05, 0) is 31.2 Å². The molecule has 1 N–H and O–H groups in total. The number of nitrogens with one attached hydrogen (secondary N) is 1. The van der Waals surface area contributed by atoms with Gasteiger partial charge in [-0.15, -0.1) is 0 Å². The topological polar surface area (TPSA) is 87.5 Å². The number of hydrogen-bond donors (Lipinski definition) is 1. The lowest BCUT2D eigenvalue weighted by Gasteiger charge is -2.21. The highest BCUT2D eigenvalue weighted by Crippen LogP contribution is 2.35. The maximum Gasteiger partial charge on any atom is 0.257 e. The van der Waals surface area contributed by atoms with Gasteiger partial charge >= 0.3 is 0 Å². The first-order chi connectivity index (χ1) is 14.0. The monoisotopic (exact) mass is 396 g/mol. The van der Waals surface area contributed by atoms with Gasteiger partial charge < -0.3 is 24.1 Å². The van der Waals surface area contributed by atoms with Gasteiger partial charge in [0.15, 0.2) is 5.75 Å². The number of fused-ring (bicyclic) bond motifs is 1. The van der Waals surface area contributed by atoms with Crippen molar-refractivity contribution in [3.8, 4) is 28.6 Å². The van der Waals surface area contributed by atoms with E-state index in [4.69, 9.17) is 14.2 Å². The van der Waals surface area contributed by atoms with E-state index in [0.29, 0.717) is 30.3 Å². The maximum atomic E-state index is 11.6. The van der Waals surface area contributed by atoms with E-state index < -0.39 is 0 Å². The summed E-state index contributed by atoms with van der Waals surface area (Å²) in [6.45, 7) is 2.62. The van der Waals surface area contributed by atoms with Gasteiger partial charge in [0.25, 0.3) is 5.88 Å². The van der Waals surface area contributed by atoms with Crippen LogP contribution in [0.4, 0.5) is 0 Å². The van der Waals surface area contributed by atoms with Crippen LogP contribution in [0, 0.1) is 5.92 Å². The molecule has 1 saturated heterocycles. The van der Waals surface area contributed by atoms with Crippen LogP contribution in [0.1, 0.15) is 13.3 Å². The van der Waals surface area contributed by atoms with Gasteiger partial charge in [0.1, 0.15) is 17.4 Å². The number of hydrogen-bond acceptors (Lipinski definition) is 6. The van der Waals surface area contributed by atoms with Crippen LogP contribution >= 0.6 is 0 Å². The highest BCUT2D eigenvalue weighted by molar-refractivity contribution is 5.87. The molecule has 0 bridgehead atoms. The van der Waals surface area contributed by atoms with Crippen LogP contribution in [0.2, 0.25) is 0 Å². The average Bonchev–Trinajstić information content (AvgIpc) is 3.33. The molecule has 1 aromatic carbocycles. The van der Waals surface area contributed by atoms with Crippen LogP contribution in [0.3, 0.4) is 0 Å². The molecule has 3 heterocycles. The summed E-state index contributed by atoms with van der Waals surface area (Å²) in [6.07, 6.45) is 2.11. The summed E-state index contributed by atoms with van der Waals surface area (Å²) >= 11 is 0. The van der Waals surface area contributed by atoms with Gasteiger partial charge in [0.05, 0.1) is 31.8 Å². The standard InChI is InChI=1S/C21H24N4O4/c1-12(14-9-19(26)22-10-14)29-18-8-13(7-16-20(18)25(2)11-23-16)15-5-6-17(27-3)21(24-15)28-4/h5-8,11-12,14H,9-10H2,1-4H3,(H,22,26)/t12-,14-/m1/s1. The number of pyridine rings is 1. The van der Waals surface area contributed by atoms with Crippen molar-refractivity contribution in [3.63, 3.8) is 0 Å². The highest BCUT2D eigenvalue weighted by atomic mass is 16.5. The van der Waals surface area contributed by atoms with E-state index >= 15 is 0 Å². The molecule has 1 aliphatic rings. The predicted octanol–water partition coefficient (Wildman–Crippen LogP) is 2.56. The van der Waals surface area contributed by atoms with Crippen molar-refractivity contribution in [2.75, 3.05) is 20.8 Å². The van der Waals surface area contributed by atoms with Crippen molar-refractivity contribution >= 4 is 16.9 Å². The maximum absolute atomic E-state index is 11.6. The molecular weight excluding hydrogens is 372 g/mol. The molecular formula is C21H24N4O4. The van der Waals surface area contributed by atoms with Gasteiger partial charge in [-0.25, -0.2) is 9.97 Å². The predicted molar refractivity (Wildman–Crippen MR) is 108 cm³/mol. The van der Waals surface area contributed by atoms with Crippen molar-refractivity contribution in [1.29, 1.82) is 0 Å². The molecule has 1 aliphatic heterocycles. The molecule has 0 radical (unpaired) electrons. The molecule has 8 nitrogen and oxygen atoms in total. The number of carbonyl (C=O) groups is 1. The molecule has 8 heteroatoms. The Morgan fingerprint density at radius 3 is 2.72 bits per heavy atom. The number of amides is 1. The molecule has 3 aromatic rings. The molecule has 1 amide bonds. The Balaban J connectivity index is 1.74. The van der Waals surface area contributed by atoms with Gasteiger partial charge in [0.2, 0.25) is 5.91 Å². The quantitative estimate of drug-likeness (QED) is 0.689. The first kappa shape index (κ1) is 19.0. The summed E-state index contributed by atoms with van der Waals surface area (Å²) in [5.74, 6) is 1.89. The molecule has 0 aliphatic carbocycles. The number of carbonyl (C=O) groups excluding carboxylic acids is 1. The van der Waals surface area contributed by atoms with Crippen molar-refractivity contribution < 1.29 is 19.0 Å². The first-order valence-corrected chi connectivity index (χ1v) is 9.48. The smallest absolute Gasteiger partial charge is 0.257 e. The lowest BCUT2D eigenvalue weighted by atomic mass is 10.0. The number of methoxy groups -OCH3 is 2. The Labute approximate surface area is 168 Å². The molecule has 0 unspecified atom stereocenters. The Morgan fingerprint density at radius 2 is 2.03 bits per heavy atom. The summed E-state index contributed by atoms with van der Waals surface area (Å²) in [5, 5.41) is 2.87. The lowest BCUT2D eigenvalue weighted by molar-refractivity contribution is -0.119. The molecule has 2 atom stereocenters. The summed E-state index contributed by atoms with van der Waals surface area (Å²) in [7, 11) is 5.07. The Bertz CT molecular complexity index is 1060. The van der Waals surface area contributed by atoms with E-state index in [9.17, 15) is 4.79 Å². The van der Waals surface area contributed by atoms with Gasteiger partial charge in [-0.2, -0.15) is 0 Å². The SMILES string of the molecule is COc1ccc(-c2cc(O[C@H](C)[C@H]3CNC(=O)C3)c3c(c2)ncn3C)nc1OC. The normalized spacial score (nSPS) is 17.2. The number of aromatic nitrogens is 3. The summed E-state index contributed by atoms with van der Waals surface area (Å²) in [5.41, 5.74) is 3.30. The van der Waals surface area contributed by atoms with Crippen LogP contribution in [0.5, 0.6) is 17.4 Å². The van der Waals surface area contributed by atoms with E-state index in [1.165, 1.54) is 0 Å². The third-order valence-electron chi connectivity index (χ3n) is 5.30. The highest BCUT2D eigenvalue weighted by Gasteiger charge is 2.28. The van der Waals surface area contributed by atoms with Crippen LogP contribution in [-0.2, 0) is 11.8 Å². The number of benzene rings is 1. The van der Waals surface area contributed by atoms with Crippen molar-refractivity contribution in [3.05, 3.63) is 30.6 Å². The van der Waals surface area contributed by atoms with Crippen LogP contribution < -0.4 is 19.5 Å². The van der Waals surface area contributed by atoms with Crippen molar-refractivity contribution in [1.82, 2.24) is 19.9 Å². The molecule has 29 heavy (non-hydrogen) atoms. The van der Waals surface area contributed by atoms with Gasteiger partial charge in [-0.1, -0.05) is 0 Å². The number of imidazole rings is 1. The number of aryl methyl sites for hydroxylation is 1. The van der Waals surface area contributed by atoms with Gasteiger partial charge in [-0.3, -0.25) is 4.79 Å². The minimum atomic E-state index is -0.124. The molecule has 2 aromatic heterocycles. The fraction of sp³-hybridized carbons (Fsp3) is 0.381. The third-order valence-corrected chi connectivity index (χ3v) is 5.30. The fourth-order valence-electron chi connectivity index (χ4n) is 3.64. The van der Waals surface area contributed by atoms with E-state index in [2.05, 4.69) is 15.3 Å². The summed E-state index contributed by atoms with van der Waals surface area (Å²) in [4.78, 5) is 20.6. The lowest BCUT2D eigenvalue weighted by Crippen LogP contribution is -2.25. The van der Waals surface area contributed by atoms with Crippen molar-refractivity contribution in [2.45, 2.75) is 19.4 Å². The largest absolute Gasteiger partial charge is 0.491 e. The minimum absolute atomic E-state index is 0.0689. The Morgan fingerprint density at radius 1 is 1.21 bits per heavy atom. The zero-order valence-corrected chi connectivity index (χ0v) is 16.9. The molecule has 0 saturated carbocycles. The molecule has 0 spiro atoms. The second-order valence-electron chi connectivity index (χ2n) is 7.20. The van der Waals surface area contributed by atoms with Gasteiger partial charge in [0, 0.05) is 31.5 Å². The van der Waals surface area contributed by atoms with Crippen molar-refractivity contribution in [2.24, 2.45) is 13.0 Å². The first-order valence-electron chi connectivity index (χ1n) is 9.48. The zero-order chi connectivity index (χ0) is 20.5. The number of rotatable bonds is 6. The van der Waals surface area contributed by atoms with Crippen LogP contribution in [-0.4, -0.2) is 47.3 Å². The van der Waals surface area contributed by atoms with E-state index in [-0.39, 0.29) is 17.9 Å². The molecule has 1 fully saturated rings. The number of ether oxygens (including phenoxy) is 3. The van der Waals surface area contributed by atoms with E-state index in [1.54, 1.807) is 20.5 Å². The third kappa shape index (κ3) is 3.57. The van der Waals surface area contributed by atoms with Crippen LogP contribution in [0.15, 0.2) is 30.6 Å². The number of nitrogens with zero attached hydrogens (tertiary/aromatic N) is 3. The zero-order valence-electron chi connectivity index (χ0n) is 16.9. The second-order valence-corrected chi connectivity index (χ2v) is 7.20. The van der Waals surface area contributed by atoms with E-state index in [1.807, 2.05) is 42.8 Å². The Hall–Kier alpha value is -3.29. The van der Waals surface area contributed by atoms with Crippen LogP contribution in [0.25, 0.3) is 22.3 Å². The molecule has 4 rings (SSSR count). The second kappa shape index (κ2) is 7.62. The Kier molecular flexibility index (Phi) is 5.00. The molecule has 152 valence electrons. The van der Waals surface area contributed by atoms with E-state index in [0.717, 1.165) is 22.3 Å². The minimum Gasteiger partial charge on any atom is -0.491 e. The summed E-state index contributed by atoms with van der Waals surface area (Å²) in [6, 6.07) is 7.63. The fourth-order valence-corrected chi connectivity index (χ4v) is 3.64.